The number of hydrogen-bond acceptors (Lipinski definition) is 12. The number of hydrogen-bond donors (Lipinski definition) is 0. The van der Waals surface area contributed by atoms with Crippen molar-refractivity contribution >= 4 is 158 Å². The molecule has 96 heavy (non-hydrogen) atoms. The normalized spacial score (nSPS) is 12.6. The minimum atomic E-state index is -1.14. The van der Waals surface area contributed by atoms with Gasteiger partial charge in [0.1, 0.15) is 50.3 Å². The lowest BCUT2D eigenvalue weighted by atomic mass is 9.62. The van der Waals surface area contributed by atoms with Crippen molar-refractivity contribution in [1.82, 2.24) is 0 Å². The number of carbonyl (C=O) groups is 4. The van der Waals surface area contributed by atoms with Crippen LogP contribution in [0.3, 0.4) is 0 Å². The topological polar surface area (TPSA) is 142 Å². The summed E-state index contributed by atoms with van der Waals surface area (Å²) >= 11 is 53.9. The first kappa shape index (κ1) is 76.2. The molecule has 0 saturated heterocycles. The molecule has 0 spiro atoms. The van der Waals surface area contributed by atoms with E-state index >= 15 is 0 Å². The highest BCUT2D eigenvalue weighted by atomic mass is 79.9. The highest BCUT2D eigenvalue weighted by Crippen LogP contribution is 2.49. The van der Waals surface area contributed by atoms with E-state index < -0.39 is 52.3 Å². The predicted octanol–water partition coefficient (Wildman–Crippen LogP) is 19.8. The van der Waals surface area contributed by atoms with E-state index in [0.717, 1.165) is 62.9 Å². The average molecular weight is 1680 g/mol. The number of carbonyl (C=O) groups excluding carboxylic acids is 4. The lowest BCUT2D eigenvalue weighted by Gasteiger charge is -2.41. The number of ether oxygens (including phenoxy) is 8. The fraction of sp³-hybridized carbons (Fsp3) is 0.243. The van der Waals surface area contributed by atoms with E-state index in [1.807, 2.05) is 97.1 Å². The monoisotopic (exact) mass is 1670 g/mol. The largest absolute Gasteiger partial charge is 0.488 e. The molecule has 22 heteroatoms. The minimum Gasteiger partial charge on any atom is -0.488 e. The van der Waals surface area contributed by atoms with E-state index in [4.69, 9.17) is 108 Å². The molecule has 502 valence electrons. The summed E-state index contributed by atoms with van der Waals surface area (Å²) in [7, 11) is 0. The summed E-state index contributed by atoms with van der Waals surface area (Å²) in [5, 5.41) is 3.07. The van der Waals surface area contributed by atoms with Crippen molar-refractivity contribution < 1.29 is 57.1 Å². The number of rotatable bonds is 34. The van der Waals surface area contributed by atoms with Gasteiger partial charge >= 0.3 is 17.9 Å². The summed E-state index contributed by atoms with van der Waals surface area (Å²) in [6, 6.07) is 51.6. The first-order chi connectivity index (χ1) is 46.0. The van der Waals surface area contributed by atoms with Crippen LogP contribution in [0.2, 0.25) is 30.1 Å². The Labute approximate surface area is 622 Å². The Morgan fingerprint density at radius 3 is 1.07 bits per heavy atom. The zero-order valence-corrected chi connectivity index (χ0v) is 62.7. The van der Waals surface area contributed by atoms with Crippen LogP contribution in [0.1, 0.15) is 64.8 Å². The Bertz CT molecular complexity index is 3710. The van der Waals surface area contributed by atoms with Crippen LogP contribution < -0.4 is 9.47 Å². The van der Waals surface area contributed by atoms with E-state index in [9.17, 15) is 19.2 Å². The van der Waals surface area contributed by atoms with Gasteiger partial charge in [0.2, 0.25) is 0 Å². The molecule has 0 fully saturated rings. The molecule has 0 aliphatic heterocycles. The van der Waals surface area contributed by atoms with Crippen LogP contribution in [0.25, 0.3) is 0 Å². The molecular formula is C74H64Br4Cl6O12. The van der Waals surface area contributed by atoms with Gasteiger partial charge in [-0.3, -0.25) is 4.79 Å². The van der Waals surface area contributed by atoms with E-state index in [2.05, 4.69) is 90.7 Å². The fourth-order valence-corrected chi connectivity index (χ4v) is 14.7. The first-order valence-electron chi connectivity index (χ1n) is 29.8. The van der Waals surface area contributed by atoms with Crippen LogP contribution in [-0.4, -0.2) is 95.9 Å². The zero-order valence-electron chi connectivity index (χ0n) is 51.8. The predicted molar refractivity (Wildman–Crippen MR) is 393 cm³/mol. The molecule has 0 aromatic heterocycles. The van der Waals surface area contributed by atoms with Crippen molar-refractivity contribution in [2.75, 3.05) is 59.5 Å². The maximum Gasteiger partial charge on any atom is 0.330 e. The summed E-state index contributed by atoms with van der Waals surface area (Å²) < 4.78 is 50.8. The van der Waals surface area contributed by atoms with Crippen molar-refractivity contribution in [3.8, 4) is 11.5 Å². The molecule has 3 unspecified atom stereocenters. The summed E-state index contributed by atoms with van der Waals surface area (Å²) in [5.41, 5.74) is 3.39. The van der Waals surface area contributed by atoms with E-state index in [0.29, 0.717) is 59.5 Å². The second kappa shape index (κ2) is 36.0. The SMILES string of the molecule is C=CC(=O)OCCOCC(COc1c(Br)cc(C(C)(C)c2cc(Br)c(OCC(COCCOC(=O)C=C)OC(=O)CC(c3ccc(Cl)cc3)(c3ccc(Cl)cc3)c3ccc(Cl)cc3)c(Br)c2)cc1Br)OCC(C=O)C(c1ccc(Cl)cc1)(c1ccc(Cl)cc1)c1ccc(Cl)cc1. The Balaban J connectivity index is 1.02. The molecule has 0 amide bonds. The Hall–Kier alpha value is -5.54. The molecule has 0 saturated carbocycles. The summed E-state index contributed by atoms with van der Waals surface area (Å²) in [5.74, 6) is -1.77. The Morgan fingerprint density at radius 1 is 0.438 bits per heavy atom. The lowest BCUT2D eigenvalue weighted by molar-refractivity contribution is -0.155. The quantitative estimate of drug-likeness (QED) is 0.00946. The van der Waals surface area contributed by atoms with Crippen molar-refractivity contribution in [1.29, 1.82) is 0 Å². The molecule has 0 aliphatic carbocycles. The average Bonchev–Trinajstić information content (AvgIpc) is 0.713. The standard InChI is InChI=1S/C74H64Br4Cl6O12/c1-5-67(86)91-33-31-89-42-61(93-41-54(40-85)74(49-13-25-58(82)26-14-49,50-15-27-59(83)28-16-50)51-17-29-60(84)30-18-51)44-94-70-63(75)35-52(36-64(70)76)72(3,4)53-37-65(77)71(66(78)38-53)95-45-62(43-90-32-34-92-68(87)6-2)96-69(88)39-73(46-7-19-55(79)20-8-46,47-9-21-56(80)22-10-47)48-11-23-57(81)24-12-48/h5-30,35-38,40,54,61-62H,1-2,31-34,39,41-45H2,3-4H3. The number of halogens is 10. The van der Waals surface area contributed by atoms with E-state index in [1.165, 1.54) is 0 Å². The van der Waals surface area contributed by atoms with Gasteiger partial charge < -0.3 is 42.7 Å². The van der Waals surface area contributed by atoms with Gasteiger partial charge in [-0.15, -0.1) is 0 Å². The maximum absolute atomic E-state index is 14.7. The van der Waals surface area contributed by atoms with Crippen LogP contribution in [0.5, 0.6) is 11.5 Å². The molecule has 3 atom stereocenters. The third-order valence-electron chi connectivity index (χ3n) is 16.0. The van der Waals surface area contributed by atoms with E-state index in [-0.39, 0.29) is 65.9 Å². The molecular weight excluding hydrogens is 1610 g/mol. The van der Waals surface area contributed by atoms with Gasteiger partial charge in [0.15, 0.2) is 6.10 Å². The van der Waals surface area contributed by atoms with Crippen LogP contribution >= 0.6 is 133 Å². The molecule has 8 aromatic carbocycles. The number of esters is 3. The lowest BCUT2D eigenvalue weighted by Crippen LogP contribution is -2.43. The molecule has 8 rings (SSSR count). The van der Waals surface area contributed by atoms with Crippen LogP contribution in [0.4, 0.5) is 0 Å². The van der Waals surface area contributed by atoms with Gasteiger partial charge in [-0.1, -0.05) is 169 Å². The summed E-state index contributed by atoms with van der Waals surface area (Å²) in [6.45, 7) is 10.5. The van der Waals surface area contributed by atoms with Gasteiger partial charge in [-0.05, 0) is 205 Å². The zero-order chi connectivity index (χ0) is 69.2. The number of benzene rings is 8. The van der Waals surface area contributed by atoms with Crippen LogP contribution in [0, 0.1) is 5.92 Å². The molecule has 0 radical (unpaired) electrons. The van der Waals surface area contributed by atoms with Gasteiger partial charge in [0, 0.05) is 47.7 Å². The molecule has 12 nitrogen and oxygen atoms in total. The molecule has 0 bridgehead atoms. The Morgan fingerprint density at radius 2 is 0.750 bits per heavy atom. The second-order valence-corrected chi connectivity index (χ2v) is 28.5. The summed E-state index contributed by atoms with van der Waals surface area (Å²) in [4.78, 5) is 52.2. The van der Waals surface area contributed by atoms with Crippen LogP contribution in [-0.2, 0) is 63.8 Å². The van der Waals surface area contributed by atoms with Crippen molar-refractivity contribution in [2.24, 2.45) is 5.92 Å². The highest BCUT2D eigenvalue weighted by Gasteiger charge is 2.45. The van der Waals surface area contributed by atoms with Gasteiger partial charge in [-0.25, -0.2) is 9.59 Å². The highest BCUT2D eigenvalue weighted by molar-refractivity contribution is 9.11. The van der Waals surface area contributed by atoms with Gasteiger partial charge in [0.25, 0.3) is 0 Å². The smallest absolute Gasteiger partial charge is 0.330 e. The fourth-order valence-electron chi connectivity index (χ4n) is 11.1. The maximum atomic E-state index is 14.7. The third kappa shape index (κ3) is 19.5. The van der Waals surface area contributed by atoms with Crippen LogP contribution in [0.15, 0.2) is 213 Å². The van der Waals surface area contributed by atoms with Gasteiger partial charge in [0.05, 0.1) is 74.1 Å². The van der Waals surface area contributed by atoms with E-state index in [1.54, 1.807) is 72.8 Å². The number of aldehydes is 1. The minimum absolute atomic E-state index is 0.00890. The molecule has 0 aliphatic rings. The third-order valence-corrected chi connectivity index (χ3v) is 19.9. The van der Waals surface area contributed by atoms with Crippen molar-refractivity contribution in [2.45, 2.75) is 48.7 Å². The second-order valence-electron chi connectivity index (χ2n) is 22.4. The first-order valence-corrected chi connectivity index (χ1v) is 35.3. The Kier molecular flexibility index (Phi) is 28.6. The van der Waals surface area contributed by atoms with Crippen molar-refractivity contribution in [3.05, 3.63) is 288 Å². The van der Waals surface area contributed by atoms with Crippen molar-refractivity contribution in [3.63, 3.8) is 0 Å². The summed E-state index contributed by atoms with van der Waals surface area (Å²) in [6.07, 6.45) is 1.06. The molecule has 8 aromatic rings. The van der Waals surface area contributed by atoms with Gasteiger partial charge in [-0.2, -0.15) is 0 Å². The molecule has 0 heterocycles. The molecule has 0 N–H and O–H groups in total.